The summed E-state index contributed by atoms with van der Waals surface area (Å²) in [6, 6.07) is 4.73. The fourth-order valence-electron chi connectivity index (χ4n) is 2.03. The van der Waals surface area contributed by atoms with E-state index in [1.807, 2.05) is 0 Å². The second-order valence-electron chi connectivity index (χ2n) is 4.47. The summed E-state index contributed by atoms with van der Waals surface area (Å²) in [6.07, 6.45) is 2.89. The fraction of sp³-hybridized carbons (Fsp3) is 0.500. The van der Waals surface area contributed by atoms with E-state index in [2.05, 4.69) is 15.9 Å². The third-order valence-corrected chi connectivity index (χ3v) is 6.62. The Labute approximate surface area is 132 Å². The van der Waals surface area contributed by atoms with Crippen molar-refractivity contribution in [1.29, 1.82) is 0 Å². The normalized spacial score (nSPS) is 16.6. The molecule has 0 N–H and O–H groups in total. The van der Waals surface area contributed by atoms with Gasteiger partial charge >= 0.3 is 0 Å². The van der Waals surface area contributed by atoms with Crippen LogP contribution < -0.4 is 0 Å². The van der Waals surface area contributed by atoms with Crippen LogP contribution in [0.25, 0.3) is 0 Å². The Morgan fingerprint density at radius 1 is 1.37 bits per heavy atom. The van der Waals surface area contributed by atoms with Gasteiger partial charge in [-0.2, -0.15) is 4.31 Å². The first-order valence-electron chi connectivity index (χ1n) is 5.99. The Morgan fingerprint density at radius 2 is 2.05 bits per heavy atom. The Kier molecular flexibility index (Phi) is 5.17. The Bertz CT molecular complexity index is 561. The first kappa shape index (κ1) is 15.6. The fourth-order valence-corrected chi connectivity index (χ4v) is 4.67. The average Bonchev–Trinajstić information content (AvgIpc) is 2.29. The van der Waals surface area contributed by atoms with Gasteiger partial charge in [0.15, 0.2) is 0 Å². The van der Waals surface area contributed by atoms with Crippen LogP contribution in [0.15, 0.2) is 27.6 Å². The molecule has 0 bridgehead atoms. The molecule has 0 aromatic heterocycles. The lowest BCUT2D eigenvalue weighted by Gasteiger charge is -2.36. The van der Waals surface area contributed by atoms with Crippen molar-refractivity contribution in [3.63, 3.8) is 0 Å². The highest BCUT2D eigenvalue weighted by molar-refractivity contribution is 9.10. The molecule has 0 amide bonds. The van der Waals surface area contributed by atoms with Gasteiger partial charge in [0.05, 0.1) is 9.92 Å². The van der Waals surface area contributed by atoms with Crippen LogP contribution in [0.1, 0.15) is 19.3 Å². The largest absolute Gasteiger partial charge is 0.243 e. The molecule has 0 spiro atoms. The van der Waals surface area contributed by atoms with Crippen molar-refractivity contribution >= 4 is 49.2 Å². The number of sulfonamides is 1. The van der Waals surface area contributed by atoms with Crippen LogP contribution in [0.4, 0.5) is 0 Å². The van der Waals surface area contributed by atoms with E-state index >= 15 is 0 Å². The van der Waals surface area contributed by atoms with Crippen LogP contribution in [0, 0.1) is 0 Å². The van der Waals surface area contributed by atoms with Crippen molar-refractivity contribution < 1.29 is 8.42 Å². The van der Waals surface area contributed by atoms with Gasteiger partial charge in [0.25, 0.3) is 0 Å². The molecule has 1 aliphatic rings. The second-order valence-corrected chi connectivity index (χ2v) is 8.00. The van der Waals surface area contributed by atoms with Crippen LogP contribution in [0.5, 0.6) is 0 Å². The molecule has 1 aromatic rings. The summed E-state index contributed by atoms with van der Waals surface area (Å²) >= 11 is 14.9. The molecule has 106 valence electrons. The van der Waals surface area contributed by atoms with Gasteiger partial charge in [-0.15, -0.1) is 11.6 Å². The van der Waals surface area contributed by atoms with Gasteiger partial charge in [0.2, 0.25) is 10.0 Å². The van der Waals surface area contributed by atoms with Crippen LogP contribution in [-0.2, 0) is 10.0 Å². The molecular formula is C12H14BrCl2NO2S. The molecule has 19 heavy (non-hydrogen) atoms. The third-order valence-electron chi connectivity index (χ3n) is 3.28. The van der Waals surface area contributed by atoms with E-state index in [1.54, 1.807) is 6.07 Å². The molecule has 1 saturated carbocycles. The van der Waals surface area contributed by atoms with E-state index in [0.29, 0.717) is 21.9 Å². The molecule has 1 aliphatic carbocycles. The number of hydrogen-bond donors (Lipinski definition) is 0. The van der Waals surface area contributed by atoms with Gasteiger partial charge in [0.1, 0.15) is 0 Å². The monoisotopic (exact) mass is 385 g/mol. The van der Waals surface area contributed by atoms with Crippen molar-refractivity contribution in [1.82, 2.24) is 4.31 Å². The lowest BCUT2D eigenvalue weighted by Crippen LogP contribution is -2.45. The summed E-state index contributed by atoms with van der Waals surface area (Å²) < 4.78 is 27.3. The number of alkyl halides is 1. The summed E-state index contributed by atoms with van der Waals surface area (Å²) in [7, 11) is -3.50. The first-order chi connectivity index (χ1) is 8.96. The molecule has 1 fully saturated rings. The quantitative estimate of drug-likeness (QED) is 0.720. The van der Waals surface area contributed by atoms with Crippen molar-refractivity contribution in [2.45, 2.75) is 30.2 Å². The highest BCUT2D eigenvalue weighted by atomic mass is 79.9. The van der Waals surface area contributed by atoms with Gasteiger partial charge in [-0.3, -0.25) is 0 Å². The van der Waals surface area contributed by atoms with E-state index in [-0.39, 0.29) is 10.9 Å². The van der Waals surface area contributed by atoms with E-state index in [4.69, 9.17) is 23.2 Å². The maximum atomic E-state index is 12.6. The van der Waals surface area contributed by atoms with Crippen molar-refractivity contribution in [2.24, 2.45) is 0 Å². The first-order valence-corrected chi connectivity index (χ1v) is 9.14. The number of hydrogen-bond acceptors (Lipinski definition) is 2. The number of rotatable bonds is 5. The van der Waals surface area contributed by atoms with Gasteiger partial charge < -0.3 is 0 Å². The van der Waals surface area contributed by atoms with Crippen LogP contribution >= 0.6 is 39.1 Å². The van der Waals surface area contributed by atoms with Gasteiger partial charge in [-0.05, 0) is 47.0 Å². The second kappa shape index (κ2) is 6.31. The molecule has 0 heterocycles. The molecule has 0 aliphatic heterocycles. The van der Waals surface area contributed by atoms with Gasteiger partial charge in [0, 0.05) is 22.9 Å². The van der Waals surface area contributed by atoms with E-state index < -0.39 is 10.0 Å². The van der Waals surface area contributed by atoms with E-state index in [0.717, 1.165) is 19.3 Å². The molecule has 7 heteroatoms. The van der Waals surface area contributed by atoms with Crippen LogP contribution in [-0.4, -0.2) is 31.2 Å². The molecule has 0 unspecified atom stereocenters. The molecule has 0 radical (unpaired) electrons. The zero-order chi connectivity index (χ0) is 14.0. The number of nitrogens with zero attached hydrogens (tertiary/aromatic N) is 1. The minimum absolute atomic E-state index is 0.0817. The van der Waals surface area contributed by atoms with Gasteiger partial charge in [-0.1, -0.05) is 18.0 Å². The predicted octanol–water partition coefficient (Wildman–Crippen LogP) is 3.88. The highest BCUT2D eigenvalue weighted by Gasteiger charge is 2.34. The molecule has 3 nitrogen and oxygen atoms in total. The van der Waals surface area contributed by atoms with Crippen LogP contribution in [0.2, 0.25) is 5.02 Å². The molecule has 0 atom stereocenters. The van der Waals surface area contributed by atoms with E-state index in [9.17, 15) is 8.42 Å². The van der Waals surface area contributed by atoms with Gasteiger partial charge in [-0.25, -0.2) is 8.42 Å². The molecular weight excluding hydrogens is 373 g/mol. The smallest absolute Gasteiger partial charge is 0.207 e. The summed E-state index contributed by atoms with van der Waals surface area (Å²) in [5.74, 6) is 0.296. The molecule has 2 rings (SSSR count). The lowest BCUT2D eigenvalue weighted by molar-refractivity contribution is 0.227. The minimum atomic E-state index is -3.50. The minimum Gasteiger partial charge on any atom is -0.207 e. The standard InChI is InChI=1S/C12H14BrCl2NO2S/c13-11-8-10(4-5-12(11)15)19(17,18)16(7-6-14)9-2-1-3-9/h4-5,8-9H,1-3,6-7H2. The Balaban J connectivity index is 2.35. The summed E-state index contributed by atoms with van der Waals surface area (Å²) in [6.45, 7) is 0.342. The topological polar surface area (TPSA) is 37.4 Å². The lowest BCUT2D eigenvalue weighted by atomic mass is 9.93. The number of benzene rings is 1. The number of halogens is 3. The van der Waals surface area contributed by atoms with Crippen LogP contribution in [0.3, 0.4) is 0 Å². The predicted molar refractivity (Wildman–Crippen MR) is 81.4 cm³/mol. The Morgan fingerprint density at radius 3 is 2.53 bits per heavy atom. The summed E-state index contributed by atoms with van der Waals surface area (Å²) in [5.41, 5.74) is 0. The average molecular weight is 387 g/mol. The summed E-state index contributed by atoms with van der Waals surface area (Å²) in [4.78, 5) is 0.251. The third kappa shape index (κ3) is 3.27. The highest BCUT2D eigenvalue weighted by Crippen LogP contribution is 2.32. The maximum Gasteiger partial charge on any atom is 0.243 e. The van der Waals surface area contributed by atoms with Crippen molar-refractivity contribution in [2.75, 3.05) is 12.4 Å². The maximum absolute atomic E-state index is 12.6. The summed E-state index contributed by atoms with van der Waals surface area (Å²) in [5, 5.41) is 0.492. The van der Waals surface area contributed by atoms with Crippen molar-refractivity contribution in [3.8, 4) is 0 Å². The SMILES string of the molecule is O=S(=O)(c1ccc(Cl)c(Br)c1)N(CCCl)C1CCC1. The van der Waals surface area contributed by atoms with E-state index in [1.165, 1.54) is 16.4 Å². The zero-order valence-corrected chi connectivity index (χ0v) is 14.1. The Hall–Kier alpha value is 0.190. The van der Waals surface area contributed by atoms with Crippen molar-refractivity contribution in [3.05, 3.63) is 27.7 Å². The molecule has 0 saturated heterocycles. The molecule has 1 aromatic carbocycles. The zero-order valence-electron chi connectivity index (χ0n) is 10.2.